The number of aromatic nitrogens is 2. The van der Waals surface area contributed by atoms with Crippen LogP contribution >= 0.6 is 34.8 Å². The number of carbonyl (C=O) groups is 1. The van der Waals surface area contributed by atoms with Gasteiger partial charge in [-0.1, -0.05) is 40.0 Å². The van der Waals surface area contributed by atoms with Gasteiger partial charge in [-0.3, -0.25) is 4.79 Å². The van der Waals surface area contributed by atoms with Crippen LogP contribution in [0.25, 0.3) is 11.4 Å². The minimum absolute atomic E-state index is 0.0969. The molecule has 0 radical (unpaired) electrons. The molecule has 0 aliphatic carbocycles. The highest BCUT2D eigenvalue weighted by Gasteiger charge is 2.12. The molecular formula is C16H10Cl3N3O2. The summed E-state index contributed by atoms with van der Waals surface area (Å²) in [4.78, 5) is 16.3. The number of halogens is 3. The smallest absolute Gasteiger partial charge is 0.251 e. The van der Waals surface area contributed by atoms with E-state index < -0.39 is 0 Å². The Balaban J connectivity index is 1.65. The zero-order valence-corrected chi connectivity index (χ0v) is 14.4. The van der Waals surface area contributed by atoms with Crippen molar-refractivity contribution in [3.05, 3.63) is 69.0 Å². The van der Waals surface area contributed by atoms with Gasteiger partial charge >= 0.3 is 0 Å². The molecule has 1 aromatic heterocycles. The minimum atomic E-state index is -0.320. The number of rotatable bonds is 4. The second-order valence-corrected chi connectivity index (χ2v) is 6.08. The van der Waals surface area contributed by atoms with Crippen LogP contribution in [0.2, 0.25) is 15.1 Å². The van der Waals surface area contributed by atoms with Crippen LogP contribution in [-0.2, 0) is 6.54 Å². The van der Waals surface area contributed by atoms with Crippen LogP contribution in [0.4, 0.5) is 0 Å². The number of hydrogen-bond donors (Lipinski definition) is 1. The molecule has 1 amide bonds. The summed E-state index contributed by atoms with van der Waals surface area (Å²) in [6.45, 7) is 0.0969. The first-order chi connectivity index (χ1) is 11.5. The maximum Gasteiger partial charge on any atom is 0.251 e. The molecule has 3 aromatic rings. The fourth-order valence-corrected chi connectivity index (χ4v) is 2.36. The van der Waals surface area contributed by atoms with E-state index in [-0.39, 0.29) is 18.3 Å². The minimum Gasteiger partial charge on any atom is -0.343 e. The quantitative estimate of drug-likeness (QED) is 0.714. The second-order valence-electron chi connectivity index (χ2n) is 4.83. The van der Waals surface area contributed by atoms with Crippen LogP contribution in [0.1, 0.15) is 16.2 Å². The average molecular weight is 383 g/mol. The molecule has 0 saturated carbocycles. The van der Waals surface area contributed by atoms with E-state index in [2.05, 4.69) is 15.5 Å². The van der Waals surface area contributed by atoms with Crippen molar-refractivity contribution in [2.45, 2.75) is 6.54 Å². The Morgan fingerprint density at radius 2 is 1.79 bits per heavy atom. The van der Waals surface area contributed by atoms with Gasteiger partial charge in [0.1, 0.15) is 0 Å². The Labute approximate surface area is 152 Å². The Kier molecular flexibility index (Phi) is 5.04. The van der Waals surface area contributed by atoms with Gasteiger partial charge in [0.25, 0.3) is 5.91 Å². The summed E-state index contributed by atoms with van der Waals surface area (Å²) >= 11 is 17.6. The van der Waals surface area contributed by atoms with E-state index in [0.29, 0.717) is 26.5 Å². The molecule has 3 rings (SSSR count). The fourth-order valence-electron chi connectivity index (χ4n) is 1.94. The molecule has 0 aliphatic rings. The molecule has 8 heteroatoms. The first kappa shape index (κ1) is 16.8. The van der Waals surface area contributed by atoms with Gasteiger partial charge < -0.3 is 9.84 Å². The second kappa shape index (κ2) is 7.21. The van der Waals surface area contributed by atoms with E-state index in [1.807, 2.05) is 0 Å². The lowest BCUT2D eigenvalue weighted by atomic mass is 10.2. The summed E-state index contributed by atoms with van der Waals surface area (Å²) in [5.41, 5.74) is 1.16. The van der Waals surface area contributed by atoms with Crippen molar-refractivity contribution in [2.24, 2.45) is 0 Å². The van der Waals surface area contributed by atoms with E-state index in [9.17, 15) is 4.79 Å². The molecular weight excluding hydrogens is 373 g/mol. The van der Waals surface area contributed by atoms with Crippen LogP contribution in [-0.4, -0.2) is 16.0 Å². The predicted molar refractivity (Wildman–Crippen MR) is 92.4 cm³/mol. The molecule has 24 heavy (non-hydrogen) atoms. The van der Waals surface area contributed by atoms with Gasteiger partial charge in [-0.05, 0) is 42.5 Å². The predicted octanol–water partition coefficient (Wildman–Crippen LogP) is 4.63. The Morgan fingerprint density at radius 3 is 2.50 bits per heavy atom. The monoisotopic (exact) mass is 381 g/mol. The molecule has 0 saturated heterocycles. The SMILES string of the molecule is O=C(NCc1nc(-c2ccc(Cl)cc2)no1)c1ccc(Cl)c(Cl)c1. The Hall–Kier alpha value is -2.08. The first-order valence-corrected chi connectivity index (χ1v) is 7.98. The van der Waals surface area contributed by atoms with Gasteiger partial charge in [0.05, 0.1) is 16.6 Å². The molecule has 2 aromatic carbocycles. The highest BCUT2D eigenvalue weighted by molar-refractivity contribution is 6.42. The van der Waals surface area contributed by atoms with Crippen molar-refractivity contribution in [1.82, 2.24) is 15.5 Å². The lowest BCUT2D eigenvalue weighted by Crippen LogP contribution is -2.22. The van der Waals surface area contributed by atoms with E-state index in [0.717, 1.165) is 5.56 Å². The molecule has 1 N–H and O–H groups in total. The van der Waals surface area contributed by atoms with Crippen LogP contribution in [0, 0.1) is 0 Å². The molecule has 5 nitrogen and oxygen atoms in total. The largest absolute Gasteiger partial charge is 0.343 e. The molecule has 0 atom stereocenters. The van der Waals surface area contributed by atoms with E-state index in [1.54, 1.807) is 36.4 Å². The molecule has 1 heterocycles. The highest BCUT2D eigenvalue weighted by Crippen LogP contribution is 2.22. The average Bonchev–Trinajstić information content (AvgIpc) is 3.05. The number of nitrogens with zero attached hydrogens (tertiary/aromatic N) is 2. The molecule has 122 valence electrons. The lowest BCUT2D eigenvalue weighted by molar-refractivity contribution is 0.0946. The third kappa shape index (κ3) is 3.87. The number of nitrogens with one attached hydrogen (secondary N) is 1. The third-order valence-electron chi connectivity index (χ3n) is 3.15. The lowest BCUT2D eigenvalue weighted by Gasteiger charge is -2.03. The molecule has 0 fully saturated rings. The molecule has 0 unspecified atom stereocenters. The summed E-state index contributed by atoms with van der Waals surface area (Å²) in [7, 11) is 0. The van der Waals surface area contributed by atoms with Crippen molar-refractivity contribution in [2.75, 3.05) is 0 Å². The summed E-state index contributed by atoms with van der Waals surface area (Å²) in [6.07, 6.45) is 0. The number of benzene rings is 2. The first-order valence-electron chi connectivity index (χ1n) is 6.85. The van der Waals surface area contributed by atoms with Gasteiger partial charge in [0.2, 0.25) is 11.7 Å². The zero-order valence-electron chi connectivity index (χ0n) is 12.1. The van der Waals surface area contributed by atoms with E-state index >= 15 is 0 Å². The van der Waals surface area contributed by atoms with E-state index in [1.165, 1.54) is 6.07 Å². The van der Waals surface area contributed by atoms with Crippen LogP contribution in [0.3, 0.4) is 0 Å². The third-order valence-corrected chi connectivity index (χ3v) is 4.14. The van der Waals surface area contributed by atoms with Crippen molar-refractivity contribution >= 4 is 40.7 Å². The van der Waals surface area contributed by atoms with Crippen LogP contribution in [0.5, 0.6) is 0 Å². The highest BCUT2D eigenvalue weighted by atomic mass is 35.5. The maximum absolute atomic E-state index is 12.1. The summed E-state index contributed by atoms with van der Waals surface area (Å²) in [6, 6.07) is 11.7. The van der Waals surface area contributed by atoms with Gasteiger partial charge in [0.15, 0.2) is 0 Å². The number of amides is 1. The van der Waals surface area contributed by atoms with Crippen molar-refractivity contribution in [1.29, 1.82) is 0 Å². The van der Waals surface area contributed by atoms with Crippen molar-refractivity contribution in [3.63, 3.8) is 0 Å². The molecule has 0 aliphatic heterocycles. The van der Waals surface area contributed by atoms with Crippen molar-refractivity contribution in [3.8, 4) is 11.4 Å². The van der Waals surface area contributed by atoms with Gasteiger partial charge in [-0.2, -0.15) is 4.98 Å². The van der Waals surface area contributed by atoms with Crippen LogP contribution < -0.4 is 5.32 Å². The maximum atomic E-state index is 12.1. The van der Waals surface area contributed by atoms with Gasteiger partial charge in [-0.15, -0.1) is 0 Å². The topological polar surface area (TPSA) is 68.0 Å². The summed E-state index contributed by atoms with van der Waals surface area (Å²) in [5.74, 6) is 0.388. The standard InChI is InChI=1S/C16H10Cl3N3O2/c17-11-4-1-9(2-5-11)15-21-14(24-22-15)8-20-16(23)10-3-6-12(18)13(19)7-10/h1-7H,8H2,(H,20,23). The number of hydrogen-bond acceptors (Lipinski definition) is 4. The summed E-state index contributed by atoms with van der Waals surface area (Å²) in [5, 5.41) is 7.87. The Morgan fingerprint density at radius 1 is 1.04 bits per heavy atom. The molecule has 0 bridgehead atoms. The van der Waals surface area contributed by atoms with Gasteiger partial charge in [-0.25, -0.2) is 0 Å². The van der Waals surface area contributed by atoms with Gasteiger partial charge in [0, 0.05) is 16.1 Å². The fraction of sp³-hybridized carbons (Fsp3) is 0.0625. The van der Waals surface area contributed by atoms with Crippen molar-refractivity contribution < 1.29 is 9.32 Å². The van der Waals surface area contributed by atoms with E-state index in [4.69, 9.17) is 39.3 Å². The van der Waals surface area contributed by atoms with Crippen LogP contribution in [0.15, 0.2) is 47.0 Å². The molecule has 0 spiro atoms. The number of carbonyl (C=O) groups excluding carboxylic acids is 1. The Bertz CT molecular complexity index is 879. The zero-order chi connectivity index (χ0) is 17.1. The summed E-state index contributed by atoms with van der Waals surface area (Å²) < 4.78 is 5.12. The normalized spacial score (nSPS) is 10.6.